The van der Waals surface area contributed by atoms with Crippen LogP contribution < -0.4 is 37.5 Å². The lowest BCUT2D eigenvalue weighted by Crippen LogP contribution is -2.42. The second-order valence-corrected chi connectivity index (χ2v) is 34.7. The molecule has 0 bridgehead atoms. The number of aromatic amines is 1. The number of nitrogens with zero attached hydrogens (tertiary/aromatic N) is 14. The molecule has 0 radical (unpaired) electrons. The fourth-order valence-electron chi connectivity index (χ4n) is 14.9. The van der Waals surface area contributed by atoms with Gasteiger partial charge in [0.25, 0.3) is 35.1 Å². The summed E-state index contributed by atoms with van der Waals surface area (Å²) in [5.74, 6) is -9.43. The summed E-state index contributed by atoms with van der Waals surface area (Å²) in [6.07, 6.45) is -16.3. The van der Waals surface area contributed by atoms with Crippen LogP contribution in [0.2, 0.25) is 0 Å². The van der Waals surface area contributed by atoms with Crippen LogP contribution >= 0.6 is 12.4 Å². The normalized spacial score (nSPS) is 16.6. The number of aromatic carboxylic acids is 1. The van der Waals surface area contributed by atoms with Gasteiger partial charge in [-0.1, -0.05) is 24.3 Å². The quantitative estimate of drug-likeness (QED) is 0.0417. The molecule has 0 spiro atoms. The Morgan fingerprint density at radius 3 is 1.09 bits per heavy atom. The van der Waals surface area contributed by atoms with Crippen molar-refractivity contribution >= 4 is 70.9 Å². The zero-order chi connectivity index (χ0) is 95.1. The number of carboxylic acid groups (broad SMARTS) is 1. The Hall–Kier alpha value is -11.9. The van der Waals surface area contributed by atoms with Crippen molar-refractivity contribution in [1.82, 2.24) is 105 Å². The van der Waals surface area contributed by atoms with Gasteiger partial charge in [0, 0.05) is 117 Å². The number of benzene rings is 2. The maximum atomic E-state index is 14.9. The van der Waals surface area contributed by atoms with Crippen molar-refractivity contribution < 1.29 is 123 Å². The molecule has 50 heteroatoms. The topological polar surface area (TPSA) is 392 Å². The minimum atomic E-state index is -4.80. The lowest BCUT2D eigenvalue weighted by molar-refractivity contribution is -0.148. The Kier molecular flexibility index (Phi) is 29.4. The Morgan fingerprint density at radius 1 is 0.432 bits per heavy atom. The van der Waals surface area contributed by atoms with E-state index in [-0.39, 0.29) is 155 Å². The van der Waals surface area contributed by atoms with Crippen LogP contribution in [0.25, 0.3) is 10.8 Å². The van der Waals surface area contributed by atoms with Gasteiger partial charge in [0.15, 0.2) is 28.5 Å². The number of imidazole rings is 5. The molecule has 4 fully saturated rings. The van der Waals surface area contributed by atoms with Crippen molar-refractivity contribution in [1.29, 1.82) is 0 Å². The van der Waals surface area contributed by atoms with Gasteiger partial charge in [-0.25, -0.2) is 48.8 Å². The van der Waals surface area contributed by atoms with Crippen molar-refractivity contribution in [3.63, 3.8) is 0 Å². The molecule has 4 aliphatic carbocycles. The summed E-state index contributed by atoms with van der Waals surface area (Å²) in [6, 6.07) is 10.9. The number of amides is 7. The van der Waals surface area contributed by atoms with Gasteiger partial charge in [-0.2, -0.15) is 71.0 Å². The lowest BCUT2D eigenvalue weighted by atomic mass is 10.0. The Labute approximate surface area is 746 Å². The number of ether oxygens (including phenoxy) is 2. The van der Waals surface area contributed by atoms with Crippen molar-refractivity contribution in [2.45, 2.75) is 207 Å². The number of carbonyl (C=O) groups is 8. The van der Waals surface area contributed by atoms with Crippen LogP contribution in [0.1, 0.15) is 225 Å². The number of carbonyl (C=O) groups excluding carboxylic acids is 7. The highest BCUT2D eigenvalue weighted by atomic mass is 35.5. The van der Waals surface area contributed by atoms with Gasteiger partial charge in [0.1, 0.15) is 17.0 Å². The molecule has 11 heterocycles. The maximum Gasteiger partial charge on any atom is 0.449 e. The monoisotopic (exact) mass is 1900 g/mol. The van der Waals surface area contributed by atoms with Crippen molar-refractivity contribution in [3.8, 4) is 0 Å². The second-order valence-electron chi connectivity index (χ2n) is 34.7. The highest BCUT2D eigenvalue weighted by molar-refractivity contribution is 5.97. The molecule has 17 rings (SSSR count). The molecule has 0 atom stereocenters. The van der Waals surface area contributed by atoms with Gasteiger partial charge in [-0.15, -0.1) is 12.4 Å². The second kappa shape index (κ2) is 39.1. The summed E-state index contributed by atoms with van der Waals surface area (Å²) in [6.45, 7) is 12.1. The summed E-state index contributed by atoms with van der Waals surface area (Å²) in [4.78, 5) is 131. The summed E-state index contributed by atoms with van der Waals surface area (Å²) in [7, 11) is 0. The van der Waals surface area contributed by atoms with Crippen LogP contribution in [0.4, 0.5) is 79.8 Å². The third-order valence-corrected chi connectivity index (χ3v) is 22.1. The van der Waals surface area contributed by atoms with Gasteiger partial charge in [0.2, 0.25) is 29.1 Å². The molecule has 8 N–H and O–H groups in total. The minimum Gasteiger partial charge on any atom is -0.476 e. The number of rotatable bonds is 16. The lowest BCUT2D eigenvalue weighted by Gasteiger charge is -2.31. The number of halogens is 17. The van der Waals surface area contributed by atoms with Gasteiger partial charge < -0.3 is 84.0 Å². The molecule has 5 aliphatic heterocycles. The van der Waals surface area contributed by atoms with Crippen LogP contribution in [0.5, 0.6) is 0 Å². The first kappa shape index (κ1) is 99.1. The summed E-state index contributed by atoms with van der Waals surface area (Å²) < 4.78 is 228. The smallest absolute Gasteiger partial charge is 0.449 e. The third-order valence-electron chi connectivity index (χ3n) is 22.1. The molecule has 0 unspecified atom stereocenters. The highest BCUT2D eigenvalue weighted by Crippen LogP contribution is 2.40. The maximum absolute atomic E-state index is 14.9. The molecule has 7 amide bonds. The Balaban J connectivity index is 0.000000153. The third kappa shape index (κ3) is 24.3. The van der Waals surface area contributed by atoms with E-state index in [1.165, 1.54) is 21.9 Å². The summed E-state index contributed by atoms with van der Waals surface area (Å²) >= 11 is 0. The van der Waals surface area contributed by atoms with E-state index in [0.717, 1.165) is 85.2 Å². The molecule has 4 saturated carbocycles. The van der Waals surface area contributed by atoms with Crippen LogP contribution in [0.15, 0.2) is 47.3 Å². The molecular formula is C82H94ClF16N21O12. The number of H-pyrrole nitrogens is 1. The predicted octanol–water partition coefficient (Wildman–Crippen LogP) is 11.5. The van der Waals surface area contributed by atoms with E-state index in [9.17, 15) is 113 Å². The first-order chi connectivity index (χ1) is 61.4. The number of carboxylic acids is 1. The van der Waals surface area contributed by atoms with E-state index in [0.29, 0.717) is 96.4 Å². The number of hydrogen-bond donors (Lipinski definition) is 8. The Morgan fingerprint density at radius 2 is 0.750 bits per heavy atom. The summed E-state index contributed by atoms with van der Waals surface area (Å²) in [5.41, 5.74) is -2.13. The zero-order valence-corrected chi connectivity index (χ0v) is 72.6. The van der Waals surface area contributed by atoms with Crippen LogP contribution in [-0.2, 0) is 112 Å². The number of aromatic nitrogens is 12. The highest BCUT2D eigenvalue weighted by Gasteiger charge is 2.48. The fourth-order valence-corrected chi connectivity index (χ4v) is 14.9. The molecule has 8 aromatic rings. The number of hydrogen-bond acceptors (Lipinski definition) is 19. The van der Waals surface area contributed by atoms with E-state index >= 15 is 0 Å². The van der Waals surface area contributed by atoms with Crippen LogP contribution in [-0.4, -0.2) is 196 Å². The van der Waals surface area contributed by atoms with Gasteiger partial charge in [-0.05, 0) is 140 Å². The number of alkyl halides is 15. The first-order valence-corrected chi connectivity index (χ1v) is 42.0. The van der Waals surface area contributed by atoms with E-state index in [1.54, 1.807) is 65.8 Å². The van der Waals surface area contributed by atoms with Crippen molar-refractivity contribution in [3.05, 3.63) is 162 Å². The molecule has 132 heavy (non-hydrogen) atoms. The molecule has 33 nitrogen and oxygen atoms in total. The average Bonchev–Trinajstić information content (AvgIpc) is 1.59. The van der Waals surface area contributed by atoms with E-state index in [2.05, 4.69) is 67.0 Å². The first-order valence-electron chi connectivity index (χ1n) is 42.0. The average molecular weight is 1910 g/mol. The standard InChI is InChI=1S/C28H24F4N6O3.C17H23F3N4O3.C13H16F3N3O4.2C12H15F3N4O.ClH/c29-20-8-7-16(12-21-17-3-1-2-4-18(17)24(39)36-35-21)11-19(20)26(41)37-9-10-38-22(14-37)23(34-27(38)28(30,31)32)25(40)33-13-15-5-6-15;1-16(2,3)27-15(26)23-6-7-24-11(9-23)12(22-14(24)17(18,19)20)13(25)21-8-10-4-5-10;1-12(2,3)23-11(22)18-4-5-19-7(6-18)8(9(20)21)17-10(19)13(14,15)16;2*13-12(14,15)11-18-9(8-6-16-3-4-19(8)11)10(20)17-5-7-1-2-7;/h1-4,7-8,11,15H,5-6,9-10,12-14H2,(H,33,40)(H,36,39);10H,4-9H2,1-3H3,(H,21,25);4-6H2,1-3H3,(H,20,21);2*7,16H,1-6H2,(H,17,20);1H. The van der Waals surface area contributed by atoms with Crippen LogP contribution in [0.3, 0.4) is 0 Å². The molecular weight excluding hydrogens is 1810 g/mol. The molecule has 718 valence electrons. The fraction of sp³-hybridized carbons (Fsp3) is 0.549. The van der Waals surface area contributed by atoms with E-state index in [4.69, 9.17) is 14.6 Å². The Bertz CT molecular complexity index is 5630. The predicted molar refractivity (Wildman–Crippen MR) is 434 cm³/mol. The largest absolute Gasteiger partial charge is 0.476 e. The molecule has 0 saturated heterocycles. The number of fused-ring (bicyclic) bond motifs is 6. The molecule has 6 aromatic heterocycles. The number of nitrogens with one attached hydrogen (secondary N) is 7. The van der Waals surface area contributed by atoms with E-state index < -0.39 is 130 Å². The molecule has 9 aliphatic rings. The SMILES string of the molecule is CC(C)(C)OC(=O)N1CCn2c(C(F)(F)F)nc(C(=O)NCC3CC3)c2C1.CC(C)(C)OC(=O)N1CCn2c(C(F)(F)F)nc(C(=O)O)c2C1.Cl.O=C(NCC1CC1)c1nc(C(F)(F)F)n2c1CN(C(=O)c1cc(Cc3n[nH]c(=O)c4ccccc34)ccc1F)CC2.O=C(NCC1CC1)c1nc(C(F)(F)F)n2c1CNCC2.O=C(NCC1CC1)c1nc(C(F)(F)F)n2c1CNCC2. The van der Waals surface area contributed by atoms with Crippen molar-refractivity contribution in [2.24, 2.45) is 23.7 Å². The van der Waals surface area contributed by atoms with Gasteiger partial charge in [0.05, 0.1) is 64.7 Å². The van der Waals surface area contributed by atoms with Crippen LogP contribution in [0, 0.1) is 29.5 Å². The minimum absolute atomic E-state index is 0. The molecule has 2 aromatic carbocycles. The van der Waals surface area contributed by atoms with E-state index in [1.807, 2.05) is 0 Å². The van der Waals surface area contributed by atoms with Crippen molar-refractivity contribution in [2.75, 3.05) is 58.9 Å². The van der Waals surface area contributed by atoms with Gasteiger partial charge >= 0.3 is 49.0 Å². The van der Waals surface area contributed by atoms with Gasteiger partial charge in [-0.3, -0.25) is 28.8 Å². The zero-order valence-electron chi connectivity index (χ0n) is 71.8. The summed E-state index contributed by atoms with van der Waals surface area (Å²) in [5, 5.41) is 33.2.